The zero-order valence-electron chi connectivity index (χ0n) is 11.5. The van der Waals surface area contributed by atoms with Gasteiger partial charge in [0, 0.05) is 24.2 Å². The summed E-state index contributed by atoms with van der Waals surface area (Å²) in [5.41, 5.74) is 0.846. The summed E-state index contributed by atoms with van der Waals surface area (Å²) >= 11 is 0. The van der Waals surface area contributed by atoms with Gasteiger partial charge in [-0.05, 0) is 19.1 Å². The van der Waals surface area contributed by atoms with Crippen LogP contribution in [-0.2, 0) is 4.79 Å². The van der Waals surface area contributed by atoms with Crippen molar-refractivity contribution in [3.05, 3.63) is 30.3 Å². The molecule has 7 nitrogen and oxygen atoms in total. The highest BCUT2D eigenvalue weighted by molar-refractivity contribution is 5.80. The molecule has 0 saturated heterocycles. The van der Waals surface area contributed by atoms with Gasteiger partial charge in [-0.3, -0.25) is 0 Å². The standard InChI is InChI=1S/C14H15N5O2/c1-9(20)7-10-8-15-14-17-13(18-19(14)12(10)21)16-11-5-3-2-4-6-11/h2-6,8,10,12,21H,7H2,1H3,(H,16,18). The number of benzene rings is 1. The van der Waals surface area contributed by atoms with E-state index < -0.39 is 6.23 Å². The lowest BCUT2D eigenvalue weighted by Crippen LogP contribution is -2.26. The van der Waals surface area contributed by atoms with Crippen LogP contribution in [0, 0.1) is 5.92 Å². The molecule has 1 aromatic heterocycles. The number of Topliss-reactive ketones (excluding diaryl/α,β-unsaturated/α-hetero) is 1. The van der Waals surface area contributed by atoms with E-state index in [0.717, 1.165) is 5.69 Å². The van der Waals surface area contributed by atoms with E-state index in [-0.39, 0.29) is 18.1 Å². The van der Waals surface area contributed by atoms with Gasteiger partial charge in [0.05, 0.1) is 0 Å². The summed E-state index contributed by atoms with van der Waals surface area (Å²) in [5, 5.41) is 17.5. The van der Waals surface area contributed by atoms with Crippen LogP contribution in [0.2, 0.25) is 0 Å². The minimum atomic E-state index is -0.930. The molecular formula is C14H15N5O2. The number of nitrogens with zero attached hydrogens (tertiary/aromatic N) is 4. The van der Waals surface area contributed by atoms with Crippen molar-refractivity contribution in [3.63, 3.8) is 0 Å². The SMILES string of the molecule is CC(=O)CC1C=Nc2nc(Nc3ccccc3)nn2C1O. The summed E-state index contributed by atoms with van der Waals surface area (Å²) in [6, 6.07) is 9.48. The summed E-state index contributed by atoms with van der Waals surface area (Å²) < 4.78 is 1.33. The van der Waals surface area contributed by atoms with E-state index in [2.05, 4.69) is 20.4 Å². The van der Waals surface area contributed by atoms with Crippen molar-refractivity contribution in [2.75, 3.05) is 5.32 Å². The molecule has 1 aliphatic rings. The van der Waals surface area contributed by atoms with Gasteiger partial charge < -0.3 is 15.2 Å². The lowest BCUT2D eigenvalue weighted by molar-refractivity contribution is -0.118. The number of aromatic nitrogens is 3. The van der Waals surface area contributed by atoms with Gasteiger partial charge in [-0.1, -0.05) is 18.2 Å². The number of aliphatic hydroxyl groups excluding tert-OH is 1. The molecule has 0 spiro atoms. The van der Waals surface area contributed by atoms with Crippen molar-refractivity contribution in [3.8, 4) is 0 Å². The Morgan fingerprint density at radius 2 is 2.14 bits per heavy atom. The second-order valence-electron chi connectivity index (χ2n) is 4.93. The second-order valence-corrected chi connectivity index (χ2v) is 4.93. The molecular weight excluding hydrogens is 270 g/mol. The number of aliphatic hydroxyl groups is 1. The summed E-state index contributed by atoms with van der Waals surface area (Å²) in [6.07, 6.45) is 0.855. The summed E-state index contributed by atoms with van der Waals surface area (Å²) in [5.74, 6) is 0.301. The van der Waals surface area contributed by atoms with Crippen LogP contribution in [-0.4, -0.2) is 31.9 Å². The van der Waals surface area contributed by atoms with E-state index in [4.69, 9.17) is 0 Å². The first-order valence-corrected chi connectivity index (χ1v) is 6.64. The van der Waals surface area contributed by atoms with Crippen LogP contribution in [0.1, 0.15) is 19.6 Å². The molecule has 1 aromatic carbocycles. The fourth-order valence-electron chi connectivity index (χ4n) is 2.19. The van der Waals surface area contributed by atoms with Gasteiger partial charge in [-0.25, -0.2) is 4.99 Å². The lowest BCUT2D eigenvalue weighted by atomic mass is 10.0. The number of carbonyl (C=O) groups excluding carboxylic acids is 1. The van der Waals surface area contributed by atoms with Crippen LogP contribution < -0.4 is 5.32 Å². The van der Waals surface area contributed by atoms with Crippen molar-refractivity contribution in [1.29, 1.82) is 0 Å². The third kappa shape index (κ3) is 2.82. The second kappa shape index (κ2) is 5.45. The molecule has 2 atom stereocenters. The largest absolute Gasteiger partial charge is 0.371 e. The maximum atomic E-state index is 11.2. The number of anilines is 2. The number of fused-ring (bicyclic) bond motifs is 1. The van der Waals surface area contributed by atoms with Gasteiger partial charge in [0.1, 0.15) is 5.78 Å². The summed E-state index contributed by atoms with van der Waals surface area (Å²) in [4.78, 5) is 19.5. The molecule has 0 aliphatic carbocycles. The topological polar surface area (TPSA) is 92.4 Å². The minimum Gasteiger partial charge on any atom is -0.371 e. The zero-order chi connectivity index (χ0) is 14.8. The van der Waals surface area contributed by atoms with Crippen LogP contribution >= 0.6 is 0 Å². The normalized spacial score (nSPS) is 20.1. The summed E-state index contributed by atoms with van der Waals surface area (Å²) in [7, 11) is 0. The van der Waals surface area contributed by atoms with Crippen LogP contribution in [0.15, 0.2) is 35.3 Å². The smallest absolute Gasteiger partial charge is 0.251 e. The van der Waals surface area contributed by atoms with Crippen molar-refractivity contribution < 1.29 is 9.90 Å². The van der Waals surface area contributed by atoms with E-state index in [1.807, 2.05) is 30.3 Å². The molecule has 1 aliphatic heterocycles. The Kier molecular flexibility index (Phi) is 3.49. The number of aliphatic imine (C=N–C) groups is 1. The molecule has 0 saturated carbocycles. The molecule has 7 heteroatoms. The highest BCUT2D eigenvalue weighted by atomic mass is 16.3. The molecule has 0 radical (unpaired) electrons. The molecule has 0 bridgehead atoms. The predicted molar refractivity (Wildman–Crippen MR) is 77.9 cm³/mol. The van der Waals surface area contributed by atoms with Gasteiger partial charge in [-0.2, -0.15) is 9.67 Å². The number of nitrogens with one attached hydrogen (secondary N) is 1. The molecule has 2 N–H and O–H groups in total. The number of hydrogen-bond acceptors (Lipinski definition) is 6. The van der Waals surface area contributed by atoms with Gasteiger partial charge in [-0.15, -0.1) is 5.10 Å². The van der Waals surface area contributed by atoms with Crippen LogP contribution in [0.5, 0.6) is 0 Å². The molecule has 21 heavy (non-hydrogen) atoms. The average Bonchev–Trinajstić information content (AvgIpc) is 2.86. The zero-order valence-corrected chi connectivity index (χ0v) is 11.5. The van der Waals surface area contributed by atoms with Crippen molar-refractivity contribution >= 4 is 29.6 Å². The van der Waals surface area contributed by atoms with Crippen LogP contribution in [0.25, 0.3) is 0 Å². The van der Waals surface area contributed by atoms with Crippen molar-refractivity contribution in [1.82, 2.24) is 14.8 Å². The average molecular weight is 285 g/mol. The van der Waals surface area contributed by atoms with Gasteiger partial charge in [0.25, 0.3) is 5.95 Å². The van der Waals surface area contributed by atoms with Crippen molar-refractivity contribution in [2.45, 2.75) is 19.6 Å². The van der Waals surface area contributed by atoms with E-state index in [9.17, 15) is 9.90 Å². The number of ketones is 1. The number of hydrogen-bond donors (Lipinski definition) is 2. The lowest BCUT2D eigenvalue weighted by Gasteiger charge is -2.21. The Balaban J connectivity index is 1.81. The maximum absolute atomic E-state index is 11.2. The Morgan fingerprint density at radius 3 is 2.86 bits per heavy atom. The van der Waals surface area contributed by atoms with Gasteiger partial charge in [0.2, 0.25) is 5.95 Å². The number of para-hydroxylation sites is 1. The Bertz CT molecular complexity index is 680. The molecule has 0 fully saturated rings. The fourth-order valence-corrected chi connectivity index (χ4v) is 2.19. The number of rotatable bonds is 4. The van der Waals surface area contributed by atoms with Gasteiger partial charge >= 0.3 is 0 Å². The van der Waals surface area contributed by atoms with Crippen LogP contribution in [0.4, 0.5) is 17.6 Å². The molecule has 2 aromatic rings. The van der Waals surface area contributed by atoms with E-state index in [0.29, 0.717) is 11.9 Å². The molecule has 2 heterocycles. The quantitative estimate of drug-likeness (QED) is 0.894. The molecule has 2 unspecified atom stereocenters. The van der Waals surface area contributed by atoms with E-state index in [1.54, 1.807) is 6.21 Å². The molecule has 0 amide bonds. The Labute approximate surface area is 121 Å². The third-order valence-corrected chi connectivity index (χ3v) is 3.18. The molecule has 108 valence electrons. The van der Waals surface area contributed by atoms with E-state index >= 15 is 0 Å². The Hall–Kier alpha value is -2.54. The highest BCUT2D eigenvalue weighted by Crippen LogP contribution is 2.28. The minimum absolute atomic E-state index is 0.00306. The highest BCUT2D eigenvalue weighted by Gasteiger charge is 2.28. The summed E-state index contributed by atoms with van der Waals surface area (Å²) in [6.45, 7) is 1.49. The molecule has 3 rings (SSSR count). The predicted octanol–water partition coefficient (Wildman–Crippen LogP) is 1.82. The van der Waals surface area contributed by atoms with Crippen molar-refractivity contribution in [2.24, 2.45) is 10.9 Å². The monoisotopic (exact) mass is 285 g/mol. The van der Waals surface area contributed by atoms with E-state index in [1.165, 1.54) is 11.6 Å². The third-order valence-electron chi connectivity index (χ3n) is 3.18. The fraction of sp³-hybridized carbons (Fsp3) is 0.286. The maximum Gasteiger partial charge on any atom is 0.251 e. The first-order chi connectivity index (χ1) is 10.1. The first kappa shape index (κ1) is 13.4. The number of carbonyl (C=O) groups is 1. The first-order valence-electron chi connectivity index (χ1n) is 6.64. The Morgan fingerprint density at radius 1 is 1.38 bits per heavy atom. The van der Waals surface area contributed by atoms with Gasteiger partial charge in [0.15, 0.2) is 6.23 Å². The van der Waals surface area contributed by atoms with Crippen LogP contribution in [0.3, 0.4) is 0 Å².